The van der Waals surface area contributed by atoms with Crippen LogP contribution >= 0.6 is 23.5 Å². The molecule has 4 aliphatic rings. The average molecular weight is 1090 g/mol. The molecule has 0 amide bonds. The van der Waals surface area contributed by atoms with Crippen LogP contribution in [0.4, 0.5) is 0 Å². The highest BCUT2D eigenvalue weighted by Gasteiger charge is 2.55. The van der Waals surface area contributed by atoms with Crippen molar-refractivity contribution in [3.8, 4) is 33.6 Å². The molecule has 2 aromatic heterocycles. The Labute approximate surface area is 492 Å². The molecule has 18 rings (SSSR count). The number of hydrogen-bond donors (Lipinski definition) is 0. The van der Waals surface area contributed by atoms with Crippen LogP contribution in [0, 0.1) is 27.7 Å². The Morgan fingerprint density at radius 1 is 0.313 bits per heavy atom. The van der Waals surface area contributed by atoms with Gasteiger partial charge in [-0.15, -0.1) is 0 Å². The quantitative estimate of drug-likeness (QED) is 0.163. The monoisotopic (exact) mass is 1090 g/mol. The molecular formula is C77H52B2N2S2. The van der Waals surface area contributed by atoms with Gasteiger partial charge in [0.15, 0.2) is 0 Å². The molecule has 14 aromatic rings. The maximum atomic E-state index is 2.57. The number of benzene rings is 12. The lowest BCUT2D eigenvalue weighted by Crippen LogP contribution is -2.55. The van der Waals surface area contributed by atoms with E-state index in [9.17, 15) is 0 Å². The van der Waals surface area contributed by atoms with Crippen molar-refractivity contribution in [2.45, 2.75) is 52.7 Å². The fourth-order valence-electron chi connectivity index (χ4n) is 15.6. The highest BCUT2D eigenvalue weighted by molar-refractivity contribution is 8.00. The van der Waals surface area contributed by atoms with Crippen molar-refractivity contribution >= 4 is 113 Å². The van der Waals surface area contributed by atoms with E-state index in [1.807, 2.05) is 23.5 Å². The normalized spacial score (nSPS) is 14.0. The number of rotatable bonds is 4. The van der Waals surface area contributed by atoms with Crippen LogP contribution in [0.2, 0.25) is 0 Å². The van der Waals surface area contributed by atoms with Gasteiger partial charge in [-0.05, 0) is 146 Å². The fourth-order valence-corrected chi connectivity index (χ4v) is 18.2. The molecule has 0 unspecified atom stereocenters. The van der Waals surface area contributed by atoms with Crippen molar-refractivity contribution in [3.63, 3.8) is 0 Å². The summed E-state index contributed by atoms with van der Waals surface area (Å²) in [5.41, 5.74) is 30.4. The molecule has 6 heteroatoms. The Kier molecular flexibility index (Phi) is 10.1. The van der Waals surface area contributed by atoms with Gasteiger partial charge in [-0.25, -0.2) is 0 Å². The second-order valence-electron chi connectivity index (χ2n) is 23.7. The van der Waals surface area contributed by atoms with E-state index in [4.69, 9.17) is 0 Å². The Hall–Kier alpha value is -8.93. The third kappa shape index (κ3) is 6.57. The third-order valence-corrected chi connectivity index (χ3v) is 21.4. The summed E-state index contributed by atoms with van der Waals surface area (Å²) < 4.78 is 5.07. The highest BCUT2D eigenvalue weighted by Crippen LogP contribution is 2.66. The summed E-state index contributed by atoms with van der Waals surface area (Å²) in [6, 6.07) is 94.0. The van der Waals surface area contributed by atoms with Crippen molar-refractivity contribution in [2.75, 3.05) is 0 Å². The second kappa shape index (κ2) is 17.5. The number of hydrogen-bond acceptors (Lipinski definition) is 2. The van der Waals surface area contributed by atoms with Gasteiger partial charge in [0.25, 0.3) is 0 Å². The number of fused-ring (bicyclic) bond motifs is 22. The van der Waals surface area contributed by atoms with E-state index in [1.54, 1.807) is 0 Å². The minimum atomic E-state index is -0.653. The van der Waals surface area contributed by atoms with E-state index >= 15 is 0 Å². The molecule has 4 heterocycles. The molecule has 12 aromatic carbocycles. The Bertz CT molecular complexity index is 4730. The first-order valence-corrected chi connectivity index (χ1v) is 30.7. The van der Waals surface area contributed by atoms with Crippen molar-refractivity contribution in [1.82, 2.24) is 9.13 Å². The maximum Gasteiger partial charge on any atom is 0.244 e. The van der Waals surface area contributed by atoms with Gasteiger partial charge in [-0.2, -0.15) is 0 Å². The van der Waals surface area contributed by atoms with Crippen molar-refractivity contribution in [2.24, 2.45) is 0 Å². The zero-order chi connectivity index (χ0) is 55.0. The lowest BCUT2D eigenvalue weighted by atomic mass is 9.36. The largest absolute Gasteiger partial charge is 0.309 e. The minimum Gasteiger partial charge on any atom is -0.309 e. The van der Waals surface area contributed by atoms with Gasteiger partial charge in [0.05, 0.1) is 27.5 Å². The smallest absolute Gasteiger partial charge is 0.244 e. The molecule has 0 atom stereocenters. The topological polar surface area (TPSA) is 9.86 Å². The van der Waals surface area contributed by atoms with Crippen LogP contribution in [0.1, 0.15) is 44.5 Å². The van der Waals surface area contributed by atoms with Crippen molar-refractivity contribution in [1.29, 1.82) is 0 Å². The number of nitrogens with zero attached hydrogens (tertiary/aromatic N) is 2. The summed E-state index contributed by atoms with van der Waals surface area (Å²) in [5, 5.41) is 5.16. The lowest BCUT2D eigenvalue weighted by Gasteiger charge is -2.33. The van der Waals surface area contributed by atoms with Gasteiger partial charge in [-0.3, -0.25) is 0 Å². The summed E-state index contributed by atoms with van der Waals surface area (Å²) in [5.74, 6) is 0. The molecule has 388 valence electrons. The van der Waals surface area contributed by atoms with Gasteiger partial charge in [-0.1, -0.05) is 236 Å². The minimum absolute atomic E-state index is 0.0730. The van der Waals surface area contributed by atoms with Crippen LogP contribution in [0.5, 0.6) is 0 Å². The molecule has 1 spiro atoms. The molecule has 0 saturated heterocycles. The SMILES string of the molecule is Cc1ccc2c(c1)c1cc(C)ccc1n2-c1ccc2c(c1)-c1c(ccc3c1Sc1ccccc1B3c1ccccc1)C21c2ccc(-n3c4ccc(C)cc4c4cc(C)ccc43)cc2-c2c1ccc1c2Sc2ccccc2B1c1ccccc1. The van der Waals surface area contributed by atoms with Crippen LogP contribution in [0.15, 0.2) is 262 Å². The number of aromatic nitrogens is 2. The summed E-state index contributed by atoms with van der Waals surface area (Å²) >= 11 is 3.94. The highest BCUT2D eigenvalue weighted by atomic mass is 32.2. The standard InChI is InChI=1S/C77H52B2N2S2/c1-45-23-35-67-53(39-45)54-40-46(2)24-36-68(54)80(67)51-27-29-59-57(43-51)73-61(31-33-65-75(73)82-71-21-13-11-19-63(71)78(65)49-15-7-5-8-16-49)77(59)60-30-28-52(81-69-37-25-47(3)41-55(69)56-42-48(4)26-38-70(56)81)44-58(60)74-62(77)32-34-66-76(74)83-72-22-14-12-20-64(72)79(66)50-17-9-6-10-18-50/h5-44H,1-4H3. The van der Waals surface area contributed by atoms with Gasteiger partial charge in [0.1, 0.15) is 0 Å². The van der Waals surface area contributed by atoms with E-state index < -0.39 is 5.41 Å². The van der Waals surface area contributed by atoms with Crippen LogP contribution in [-0.2, 0) is 5.41 Å². The van der Waals surface area contributed by atoms with Crippen LogP contribution < -0.4 is 32.8 Å². The van der Waals surface area contributed by atoms with Crippen LogP contribution in [0.3, 0.4) is 0 Å². The molecule has 0 N–H and O–H groups in total. The van der Waals surface area contributed by atoms with E-state index in [0.29, 0.717) is 0 Å². The lowest BCUT2D eigenvalue weighted by molar-refractivity contribution is 0.791. The summed E-state index contributed by atoms with van der Waals surface area (Å²) in [4.78, 5) is 5.34. The van der Waals surface area contributed by atoms with Crippen LogP contribution in [-0.4, -0.2) is 22.6 Å². The van der Waals surface area contributed by atoms with Gasteiger partial charge >= 0.3 is 0 Å². The zero-order valence-corrected chi connectivity index (χ0v) is 48.1. The Morgan fingerprint density at radius 2 is 0.663 bits per heavy atom. The first-order valence-electron chi connectivity index (χ1n) is 29.1. The summed E-state index contributed by atoms with van der Waals surface area (Å²) in [7, 11) is 0. The second-order valence-corrected chi connectivity index (χ2v) is 25.8. The van der Waals surface area contributed by atoms with E-state index in [-0.39, 0.29) is 13.4 Å². The predicted octanol–water partition coefficient (Wildman–Crippen LogP) is 15.4. The Balaban J connectivity index is 0.973. The molecule has 0 bridgehead atoms. The van der Waals surface area contributed by atoms with Crippen LogP contribution in [0.25, 0.3) is 77.2 Å². The average Bonchev–Trinajstić information content (AvgIpc) is 1.60. The van der Waals surface area contributed by atoms with E-state index in [2.05, 4.69) is 279 Å². The first kappa shape index (κ1) is 47.7. The van der Waals surface area contributed by atoms with E-state index in [1.165, 1.54) is 174 Å². The van der Waals surface area contributed by atoms with Gasteiger partial charge in [0.2, 0.25) is 13.4 Å². The molecule has 2 nitrogen and oxygen atoms in total. The predicted molar refractivity (Wildman–Crippen MR) is 354 cm³/mol. The first-order chi connectivity index (χ1) is 40.8. The molecular weight excluding hydrogens is 1040 g/mol. The molecule has 83 heavy (non-hydrogen) atoms. The zero-order valence-electron chi connectivity index (χ0n) is 46.5. The molecule has 0 radical (unpaired) electrons. The Morgan fingerprint density at radius 3 is 1.05 bits per heavy atom. The molecule has 2 aliphatic heterocycles. The number of aryl methyl sites for hydroxylation is 4. The van der Waals surface area contributed by atoms with Crippen molar-refractivity contribution < 1.29 is 0 Å². The van der Waals surface area contributed by atoms with Gasteiger partial charge < -0.3 is 9.13 Å². The molecule has 0 saturated carbocycles. The van der Waals surface area contributed by atoms with E-state index in [0.717, 1.165) is 0 Å². The maximum absolute atomic E-state index is 2.57. The third-order valence-electron chi connectivity index (χ3n) is 19.0. The van der Waals surface area contributed by atoms with Gasteiger partial charge in [0, 0.05) is 63.6 Å². The summed E-state index contributed by atoms with van der Waals surface area (Å²) in [6.45, 7) is 9.01. The fraction of sp³-hybridized carbons (Fsp3) is 0.0649. The summed E-state index contributed by atoms with van der Waals surface area (Å²) in [6.07, 6.45) is 0. The van der Waals surface area contributed by atoms with Crippen molar-refractivity contribution in [3.05, 3.63) is 287 Å². The molecule has 2 aliphatic carbocycles. The molecule has 0 fully saturated rings.